The van der Waals surface area contributed by atoms with E-state index in [0.717, 1.165) is 66.9 Å². The average molecular weight is 584 g/mol. The summed E-state index contributed by atoms with van der Waals surface area (Å²) in [5, 5.41) is 12.1. The van der Waals surface area contributed by atoms with Gasteiger partial charge >= 0.3 is 0 Å². The minimum atomic E-state index is -3.63. The topological polar surface area (TPSA) is 130 Å². The number of rotatable bonds is 12. The summed E-state index contributed by atoms with van der Waals surface area (Å²) in [6.45, 7) is 9.87. The molecule has 41 heavy (non-hydrogen) atoms. The number of benzene rings is 1. The van der Waals surface area contributed by atoms with Crippen LogP contribution in [0.1, 0.15) is 60.6 Å². The van der Waals surface area contributed by atoms with Crippen molar-refractivity contribution >= 4 is 32.7 Å². The molecule has 0 aliphatic carbocycles. The van der Waals surface area contributed by atoms with Crippen molar-refractivity contribution in [2.24, 2.45) is 0 Å². The van der Waals surface area contributed by atoms with Crippen LogP contribution in [-0.4, -0.2) is 79.4 Å². The van der Waals surface area contributed by atoms with Crippen LogP contribution in [0.3, 0.4) is 0 Å². The Labute approximate surface area is 242 Å². The fourth-order valence-corrected chi connectivity index (χ4v) is 6.63. The van der Waals surface area contributed by atoms with Crippen molar-refractivity contribution in [3.8, 4) is 0 Å². The summed E-state index contributed by atoms with van der Waals surface area (Å²) < 4.78 is 35.6. The number of nitrogens with one attached hydrogen (secondary N) is 3. The third-order valence-electron chi connectivity index (χ3n) is 7.96. The predicted octanol–water partition coefficient (Wildman–Crippen LogP) is 3.04. The van der Waals surface area contributed by atoms with E-state index in [-0.39, 0.29) is 23.4 Å². The van der Waals surface area contributed by atoms with Gasteiger partial charge in [-0.05, 0) is 89.9 Å². The number of carbonyl (C=O) groups is 1. The molecule has 2 fully saturated rings. The molecule has 11 nitrogen and oxygen atoms in total. The summed E-state index contributed by atoms with van der Waals surface area (Å²) >= 11 is 0. The maximum atomic E-state index is 13.1. The Morgan fingerprint density at radius 3 is 2.56 bits per heavy atom. The number of hydrogen-bond acceptors (Lipinski definition) is 8. The van der Waals surface area contributed by atoms with Crippen LogP contribution >= 0.6 is 0 Å². The van der Waals surface area contributed by atoms with E-state index in [9.17, 15) is 13.2 Å². The number of likely N-dealkylation sites (tertiary alicyclic amines) is 1. The molecule has 1 amide bonds. The minimum absolute atomic E-state index is 0.150. The molecule has 3 N–H and O–H groups in total. The smallest absolute Gasteiger partial charge is 0.251 e. The van der Waals surface area contributed by atoms with Gasteiger partial charge in [-0.2, -0.15) is 5.10 Å². The normalized spacial score (nSPS) is 16.8. The summed E-state index contributed by atoms with van der Waals surface area (Å²) in [5.41, 5.74) is 3.88. The first-order chi connectivity index (χ1) is 19.9. The van der Waals surface area contributed by atoms with Crippen LogP contribution in [0.15, 0.2) is 35.4 Å². The number of amides is 1. The zero-order chi connectivity index (χ0) is 28.8. The van der Waals surface area contributed by atoms with Crippen molar-refractivity contribution in [2.75, 3.05) is 44.7 Å². The standard InChI is InChI=1S/C29H41N7O4S/c1-3-36-28-26(20-31-36)27(34-23-11-17-40-18-12-23)25(21(2)33-28)19-30-29(37)22-7-9-24(10-8-22)41(38,39)32-13-6-16-35-14-4-5-15-35/h7-10,20,23,32H,3-6,11-19H2,1-2H3,(H,30,37)(H,33,34). The molecule has 1 aromatic carbocycles. The zero-order valence-corrected chi connectivity index (χ0v) is 24.8. The molecular weight excluding hydrogens is 542 g/mol. The van der Waals surface area contributed by atoms with E-state index >= 15 is 0 Å². The Hall–Kier alpha value is -3.06. The fraction of sp³-hybridized carbons (Fsp3) is 0.552. The molecule has 2 aromatic heterocycles. The van der Waals surface area contributed by atoms with Gasteiger partial charge in [0.1, 0.15) is 0 Å². The number of anilines is 1. The molecule has 0 spiro atoms. The largest absolute Gasteiger partial charge is 0.381 e. The van der Waals surface area contributed by atoms with Crippen LogP contribution < -0.4 is 15.4 Å². The van der Waals surface area contributed by atoms with Crippen molar-refractivity contribution in [1.29, 1.82) is 0 Å². The van der Waals surface area contributed by atoms with Crippen molar-refractivity contribution in [3.63, 3.8) is 0 Å². The molecular formula is C29H41N7O4S. The molecule has 0 radical (unpaired) electrons. The van der Waals surface area contributed by atoms with Crippen LogP contribution in [0.5, 0.6) is 0 Å². The highest BCUT2D eigenvalue weighted by Crippen LogP contribution is 2.30. The Morgan fingerprint density at radius 1 is 1.12 bits per heavy atom. The second-order valence-electron chi connectivity index (χ2n) is 10.8. The van der Waals surface area contributed by atoms with E-state index in [2.05, 4.69) is 25.4 Å². The van der Waals surface area contributed by atoms with Crippen molar-refractivity contribution in [1.82, 2.24) is 29.7 Å². The van der Waals surface area contributed by atoms with Crippen molar-refractivity contribution < 1.29 is 17.9 Å². The minimum Gasteiger partial charge on any atom is -0.381 e. The monoisotopic (exact) mass is 583 g/mol. The van der Waals surface area contributed by atoms with Gasteiger partial charge in [-0.15, -0.1) is 0 Å². The average Bonchev–Trinajstić information content (AvgIpc) is 3.65. The number of hydrogen-bond donors (Lipinski definition) is 3. The summed E-state index contributed by atoms with van der Waals surface area (Å²) in [7, 11) is -3.63. The first-order valence-electron chi connectivity index (χ1n) is 14.6. The first-order valence-corrected chi connectivity index (χ1v) is 16.1. The number of pyridine rings is 1. The van der Waals surface area contributed by atoms with Gasteiger partial charge in [0.2, 0.25) is 10.0 Å². The van der Waals surface area contributed by atoms with E-state index in [0.29, 0.717) is 31.9 Å². The number of carbonyl (C=O) groups excluding carboxylic acids is 1. The number of fused-ring (bicyclic) bond motifs is 1. The van der Waals surface area contributed by atoms with Crippen LogP contribution in [0.2, 0.25) is 0 Å². The van der Waals surface area contributed by atoms with Crippen LogP contribution in [0, 0.1) is 6.92 Å². The number of ether oxygens (including phenoxy) is 1. The Kier molecular flexibility index (Phi) is 9.53. The van der Waals surface area contributed by atoms with Gasteiger partial charge in [0.05, 0.1) is 22.2 Å². The van der Waals surface area contributed by atoms with Crippen LogP contribution in [0.25, 0.3) is 11.0 Å². The lowest BCUT2D eigenvalue weighted by Crippen LogP contribution is -2.30. The van der Waals surface area contributed by atoms with Crippen LogP contribution in [-0.2, 0) is 27.8 Å². The predicted molar refractivity (Wildman–Crippen MR) is 158 cm³/mol. The molecule has 3 aromatic rings. The maximum absolute atomic E-state index is 13.1. The molecule has 0 saturated carbocycles. The highest BCUT2D eigenvalue weighted by atomic mass is 32.2. The van der Waals surface area contributed by atoms with Gasteiger partial charge in [0.15, 0.2) is 5.65 Å². The van der Waals surface area contributed by atoms with Gasteiger partial charge in [-0.3, -0.25) is 4.79 Å². The molecule has 5 rings (SSSR count). The number of aryl methyl sites for hydroxylation is 2. The summed E-state index contributed by atoms with van der Waals surface area (Å²) in [5.74, 6) is -0.284. The van der Waals surface area contributed by atoms with Gasteiger partial charge in [0.25, 0.3) is 5.91 Å². The third kappa shape index (κ3) is 7.06. The van der Waals surface area contributed by atoms with E-state index in [1.54, 1.807) is 12.1 Å². The summed E-state index contributed by atoms with van der Waals surface area (Å²) in [4.78, 5) is 20.4. The molecule has 12 heteroatoms. The molecule has 222 valence electrons. The number of aromatic nitrogens is 3. The second kappa shape index (κ2) is 13.3. The number of sulfonamides is 1. The van der Waals surface area contributed by atoms with E-state index in [1.807, 2.05) is 24.7 Å². The highest BCUT2D eigenvalue weighted by Gasteiger charge is 2.22. The molecule has 2 aliphatic rings. The molecule has 0 unspecified atom stereocenters. The Bertz CT molecular complexity index is 1440. The highest BCUT2D eigenvalue weighted by molar-refractivity contribution is 7.89. The fourth-order valence-electron chi connectivity index (χ4n) is 5.56. The van der Waals surface area contributed by atoms with Gasteiger partial charge in [0, 0.05) is 55.7 Å². The van der Waals surface area contributed by atoms with Crippen molar-refractivity contribution in [2.45, 2.75) is 70.0 Å². The third-order valence-corrected chi connectivity index (χ3v) is 9.43. The first kappa shape index (κ1) is 29.4. The van der Waals surface area contributed by atoms with E-state index in [1.165, 1.54) is 25.0 Å². The lowest BCUT2D eigenvalue weighted by Gasteiger charge is -2.26. The second-order valence-corrected chi connectivity index (χ2v) is 12.6. The Balaban J connectivity index is 1.24. The SMILES string of the molecule is CCn1ncc2c(NC3CCOCC3)c(CNC(=O)c3ccc(S(=O)(=O)NCCCN4CCCC4)cc3)c(C)nc21. The summed E-state index contributed by atoms with van der Waals surface area (Å²) in [6.07, 6.45) is 6.84. The zero-order valence-electron chi connectivity index (χ0n) is 24.0. The molecule has 0 bridgehead atoms. The van der Waals surface area contributed by atoms with E-state index < -0.39 is 10.0 Å². The van der Waals surface area contributed by atoms with Gasteiger partial charge in [-0.1, -0.05) is 0 Å². The maximum Gasteiger partial charge on any atom is 0.251 e. The quantitative estimate of drug-likeness (QED) is 0.278. The van der Waals surface area contributed by atoms with Crippen LogP contribution in [0.4, 0.5) is 5.69 Å². The van der Waals surface area contributed by atoms with Gasteiger partial charge < -0.3 is 20.3 Å². The Morgan fingerprint density at radius 2 is 1.85 bits per heavy atom. The molecule has 2 saturated heterocycles. The molecule has 0 atom stereocenters. The van der Waals surface area contributed by atoms with Crippen molar-refractivity contribution in [3.05, 3.63) is 47.3 Å². The number of nitrogens with zero attached hydrogens (tertiary/aromatic N) is 4. The summed E-state index contributed by atoms with van der Waals surface area (Å²) in [6, 6.07) is 6.32. The lowest BCUT2D eigenvalue weighted by molar-refractivity contribution is 0.0904. The van der Waals surface area contributed by atoms with E-state index in [4.69, 9.17) is 9.72 Å². The lowest BCUT2D eigenvalue weighted by atomic mass is 10.0. The molecule has 2 aliphatic heterocycles. The van der Waals surface area contributed by atoms with Gasteiger partial charge in [-0.25, -0.2) is 22.8 Å². The molecule has 4 heterocycles.